The first-order chi connectivity index (χ1) is 6.36. The molecule has 0 bridgehead atoms. The molecule has 1 unspecified atom stereocenters. The highest BCUT2D eigenvalue weighted by Gasteiger charge is 2.22. The van der Waals surface area contributed by atoms with Gasteiger partial charge in [0.15, 0.2) is 0 Å². The molecule has 1 aromatic carbocycles. The zero-order valence-corrected chi connectivity index (χ0v) is 7.10. The van der Waals surface area contributed by atoms with E-state index in [9.17, 15) is 4.79 Å². The van der Waals surface area contributed by atoms with Crippen LogP contribution in [0.4, 0.5) is 4.79 Å². The first-order valence-electron chi connectivity index (χ1n) is 4.24. The van der Waals surface area contributed by atoms with Crippen LogP contribution in [0.15, 0.2) is 30.3 Å². The van der Waals surface area contributed by atoms with Gasteiger partial charge in [0, 0.05) is 6.42 Å². The summed E-state index contributed by atoms with van der Waals surface area (Å²) in [7, 11) is 0. The maximum Gasteiger partial charge on any atom is 0.508 e. The molecule has 0 N–H and O–H groups in total. The fourth-order valence-corrected chi connectivity index (χ4v) is 1.36. The van der Waals surface area contributed by atoms with Gasteiger partial charge in [0.2, 0.25) is 0 Å². The van der Waals surface area contributed by atoms with Gasteiger partial charge in [0.1, 0.15) is 6.10 Å². The van der Waals surface area contributed by atoms with E-state index in [1.807, 2.05) is 30.3 Å². The molecular weight excluding hydrogens is 168 g/mol. The summed E-state index contributed by atoms with van der Waals surface area (Å²) in [5, 5.41) is 0. The summed E-state index contributed by atoms with van der Waals surface area (Å²) >= 11 is 0. The summed E-state index contributed by atoms with van der Waals surface area (Å²) in [4.78, 5) is 10.8. The average Bonchev–Trinajstić information content (AvgIpc) is 2.19. The minimum atomic E-state index is -0.569. The lowest BCUT2D eigenvalue weighted by Crippen LogP contribution is -2.21. The van der Waals surface area contributed by atoms with Gasteiger partial charge in [-0.3, -0.25) is 0 Å². The summed E-state index contributed by atoms with van der Waals surface area (Å²) in [5.74, 6) is 0. The van der Waals surface area contributed by atoms with Crippen molar-refractivity contribution in [1.29, 1.82) is 0 Å². The smallest absolute Gasteiger partial charge is 0.434 e. The Bertz CT molecular complexity index is 294. The highest BCUT2D eigenvalue weighted by molar-refractivity contribution is 5.61. The molecule has 3 nitrogen and oxygen atoms in total. The monoisotopic (exact) mass is 178 g/mol. The third kappa shape index (κ3) is 1.80. The third-order valence-electron chi connectivity index (χ3n) is 2.01. The van der Waals surface area contributed by atoms with Gasteiger partial charge in [-0.05, 0) is 5.56 Å². The molecule has 1 fully saturated rings. The molecule has 1 aliphatic rings. The van der Waals surface area contributed by atoms with Crippen LogP contribution >= 0.6 is 0 Å². The molecule has 3 heteroatoms. The van der Waals surface area contributed by atoms with E-state index in [1.54, 1.807) is 0 Å². The predicted octanol–water partition coefficient (Wildman–Crippen LogP) is 2.28. The summed E-state index contributed by atoms with van der Waals surface area (Å²) in [6.07, 6.45) is 0.0259. The lowest BCUT2D eigenvalue weighted by Gasteiger charge is -2.22. The van der Waals surface area contributed by atoms with Crippen LogP contribution in [0.25, 0.3) is 0 Å². The van der Waals surface area contributed by atoms with Gasteiger partial charge >= 0.3 is 6.16 Å². The van der Waals surface area contributed by atoms with Crippen molar-refractivity contribution >= 4 is 6.16 Å². The Labute approximate surface area is 76.3 Å². The van der Waals surface area contributed by atoms with Gasteiger partial charge in [-0.25, -0.2) is 4.79 Å². The highest BCUT2D eigenvalue weighted by Crippen LogP contribution is 2.24. The zero-order chi connectivity index (χ0) is 9.10. The number of cyclic esters (lactones) is 2. The molecule has 68 valence electrons. The molecule has 1 aliphatic heterocycles. The van der Waals surface area contributed by atoms with E-state index in [2.05, 4.69) is 4.74 Å². The van der Waals surface area contributed by atoms with Gasteiger partial charge in [-0.15, -0.1) is 0 Å². The van der Waals surface area contributed by atoms with E-state index < -0.39 is 6.16 Å². The fourth-order valence-electron chi connectivity index (χ4n) is 1.36. The Morgan fingerprint density at radius 2 is 2.00 bits per heavy atom. The van der Waals surface area contributed by atoms with E-state index in [0.717, 1.165) is 12.0 Å². The van der Waals surface area contributed by atoms with E-state index in [4.69, 9.17) is 4.74 Å². The Morgan fingerprint density at radius 3 is 2.69 bits per heavy atom. The van der Waals surface area contributed by atoms with Crippen LogP contribution in [0.2, 0.25) is 0 Å². The van der Waals surface area contributed by atoms with Crippen LogP contribution in [0, 0.1) is 0 Å². The molecule has 0 amide bonds. The first kappa shape index (κ1) is 8.10. The second-order valence-corrected chi connectivity index (χ2v) is 2.90. The van der Waals surface area contributed by atoms with Crippen LogP contribution in [0.3, 0.4) is 0 Å². The number of hydrogen-bond acceptors (Lipinski definition) is 3. The Balaban J connectivity index is 2.13. The Hall–Kier alpha value is -1.51. The largest absolute Gasteiger partial charge is 0.508 e. The van der Waals surface area contributed by atoms with Crippen molar-refractivity contribution in [3.05, 3.63) is 35.9 Å². The van der Waals surface area contributed by atoms with Crippen LogP contribution < -0.4 is 0 Å². The SMILES string of the molecule is O=C1OCCC(c2ccccc2)O1. The number of benzene rings is 1. The van der Waals surface area contributed by atoms with Crippen LogP contribution in [-0.4, -0.2) is 12.8 Å². The molecule has 0 aliphatic carbocycles. The molecule has 0 saturated carbocycles. The number of hydrogen-bond donors (Lipinski definition) is 0. The minimum absolute atomic E-state index is 0.137. The third-order valence-corrected chi connectivity index (χ3v) is 2.01. The van der Waals surface area contributed by atoms with Gasteiger partial charge < -0.3 is 9.47 Å². The van der Waals surface area contributed by atoms with Crippen molar-refractivity contribution in [1.82, 2.24) is 0 Å². The fraction of sp³-hybridized carbons (Fsp3) is 0.300. The van der Waals surface area contributed by atoms with E-state index in [0.29, 0.717) is 6.61 Å². The molecule has 1 saturated heterocycles. The summed E-state index contributed by atoms with van der Waals surface area (Å²) in [6.45, 7) is 0.443. The van der Waals surface area contributed by atoms with E-state index >= 15 is 0 Å². The summed E-state index contributed by atoms with van der Waals surface area (Å²) in [5.41, 5.74) is 1.03. The van der Waals surface area contributed by atoms with Gasteiger partial charge in [0.05, 0.1) is 6.61 Å². The summed E-state index contributed by atoms with van der Waals surface area (Å²) < 4.78 is 9.68. The topological polar surface area (TPSA) is 35.5 Å². The number of carbonyl (C=O) groups excluding carboxylic acids is 1. The second-order valence-electron chi connectivity index (χ2n) is 2.90. The lowest BCUT2D eigenvalue weighted by atomic mass is 10.1. The molecule has 1 heterocycles. The van der Waals surface area contributed by atoms with Crippen molar-refractivity contribution in [2.24, 2.45) is 0 Å². The maximum atomic E-state index is 10.8. The number of carbonyl (C=O) groups is 1. The molecule has 0 spiro atoms. The molecular formula is C10H10O3. The molecule has 0 aromatic heterocycles. The zero-order valence-electron chi connectivity index (χ0n) is 7.10. The highest BCUT2D eigenvalue weighted by atomic mass is 16.7. The minimum Gasteiger partial charge on any atom is -0.434 e. The van der Waals surface area contributed by atoms with Crippen molar-refractivity contribution in [3.8, 4) is 0 Å². The van der Waals surface area contributed by atoms with E-state index in [-0.39, 0.29) is 6.10 Å². The summed E-state index contributed by atoms with van der Waals surface area (Å²) in [6, 6.07) is 9.69. The molecule has 2 rings (SSSR count). The van der Waals surface area contributed by atoms with Crippen LogP contribution in [0.1, 0.15) is 18.1 Å². The average molecular weight is 178 g/mol. The van der Waals surface area contributed by atoms with Gasteiger partial charge in [0.25, 0.3) is 0 Å². The molecule has 1 atom stereocenters. The van der Waals surface area contributed by atoms with Gasteiger partial charge in [-0.2, -0.15) is 0 Å². The number of rotatable bonds is 1. The number of ether oxygens (including phenoxy) is 2. The first-order valence-corrected chi connectivity index (χ1v) is 4.24. The van der Waals surface area contributed by atoms with Crippen molar-refractivity contribution < 1.29 is 14.3 Å². The predicted molar refractivity (Wildman–Crippen MR) is 46.2 cm³/mol. The Kier molecular flexibility index (Phi) is 2.17. The van der Waals surface area contributed by atoms with E-state index in [1.165, 1.54) is 0 Å². The van der Waals surface area contributed by atoms with Gasteiger partial charge in [-0.1, -0.05) is 30.3 Å². The standard InChI is InChI=1S/C10H10O3/c11-10-12-7-6-9(13-10)8-4-2-1-3-5-8/h1-5,9H,6-7H2. The van der Waals surface area contributed by atoms with Crippen molar-refractivity contribution in [2.75, 3.05) is 6.61 Å². The molecule has 1 aromatic rings. The van der Waals surface area contributed by atoms with Crippen LogP contribution in [-0.2, 0) is 9.47 Å². The molecule has 0 radical (unpaired) electrons. The normalized spacial score (nSPS) is 21.8. The lowest BCUT2D eigenvalue weighted by molar-refractivity contribution is -0.0235. The maximum absolute atomic E-state index is 10.8. The molecule has 13 heavy (non-hydrogen) atoms. The Morgan fingerprint density at radius 1 is 1.23 bits per heavy atom. The van der Waals surface area contributed by atoms with Crippen LogP contribution in [0.5, 0.6) is 0 Å². The van der Waals surface area contributed by atoms with Crippen molar-refractivity contribution in [2.45, 2.75) is 12.5 Å². The van der Waals surface area contributed by atoms with Crippen molar-refractivity contribution in [3.63, 3.8) is 0 Å². The quantitative estimate of drug-likeness (QED) is 0.619. The second kappa shape index (κ2) is 3.47.